The Labute approximate surface area is 136 Å². The number of nitro groups is 1. The van der Waals surface area contributed by atoms with Gasteiger partial charge in [0.05, 0.1) is 11.0 Å². The lowest BCUT2D eigenvalue weighted by Crippen LogP contribution is -2.32. The average Bonchev–Trinajstić information content (AvgIpc) is 3.25. The van der Waals surface area contributed by atoms with E-state index >= 15 is 0 Å². The van der Waals surface area contributed by atoms with E-state index in [1.165, 1.54) is 10.9 Å². The van der Waals surface area contributed by atoms with Gasteiger partial charge in [-0.25, -0.2) is 4.98 Å². The molecule has 0 aromatic carbocycles. The minimum Gasteiger partial charge on any atom is -0.347 e. The van der Waals surface area contributed by atoms with Crippen molar-refractivity contribution in [2.45, 2.75) is 25.4 Å². The molecular weight excluding hydrogens is 322 g/mol. The number of hydrogen-bond donors (Lipinski definition) is 1. The molecule has 3 rings (SSSR count). The van der Waals surface area contributed by atoms with Gasteiger partial charge in [-0.05, 0) is 30.4 Å². The number of aromatic nitrogens is 3. The van der Waals surface area contributed by atoms with Crippen LogP contribution < -0.4 is 5.32 Å². The van der Waals surface area contributed by atoms with Crippen molar-refractivity contribution in [1.82, 2.24) is 20.1 Å². The standard InChI is InChI=1S/C14H14ClN5O3/c15-12-4-3-10(5-16-12)14(9-1-2-9)18-13(21)8-19-7-11(6-17-19)20(22)23/h3-7,9,14H,1-2,8H2,(H,18,21)/t14-/m1/s1. The summed E-state index contributed by atoms with van der Waals surface area (Å²) in [6.45, 7) is -0.0714. The van der Waals surface area contributed by atoms with Crippen molar-refractivity contribution >= 4 is 23.2 Å². The van der Waals surface area contributed by atoms with Gasteiger partial charge < -0.3 is 5.32 Å². The summed E-state index contributed by atoms with van der Waals surface area (Å²) < 4.78 is 1.25. The molecule has 0 saturated heterocycles. The van der Waals surface area contributed by atoms with Gasteiger partial charge in [-0.3, -0.25) is 19.6 Å². The Kier molecular flexibility index (Phi) is 4.24. The highest BCUT2D eigenvalue weighted by molar-refractivity contribution is 6.29. The van der Waals surface area contributed by atoms with Gasteiger partial charge in [0, 0.05) is 6.20 Å². The van der Waals surface area contributed by atoms with E-state index in [0.29, 0.717) is 11.1 Å². The summed E-state index contributed by atoms with van der Waals surface area (Å²) in [5.41, 5.74) is 0.759. The van der Waals surface area contributed by atoms with Crippen LogP contribution in [0.4, 0.5) is 5.69 Å². The van der Waals surface area contributed by atoms with Crippen LogP contribution in [0.5, 0.6) is 0 Å². The van der Waals surface area contributed by atoms with Crippen LogP contribution in [-0.4, -0.2) is 25.6 Å². The van der Waals surface area contributed by atoms with Crippen molar-refractivity contribution in [1.29, 1.82) is 0 Å². The highest BCUT2D eigenvalue weighted by atomic mass is 35.5. The smallest absolute Gasteiger partial charge is 0.307 e. The van der Waals surface area contributed by atoms with Crippen molar-refractivity contribution in [2.75, 3.05) is 0 Å². The van der Waals surface area contributed by atoms with Gasteiger partial charge in [-0.2, -0.15) is 5.10 Å². The molecule has 1 atom stereocenters. The van der Waals surface area contributed by atoms with Crippen LogP contribution >= 0.6 is 11.6 Å². The molecule has 0 radical (unpaired) electrons. The zero-order chi connectivity index (χ0) is 16.4. The number of carbonyl (C=O) groups excluding carboxylic acids is 1. The van der Waals surface area contributed by atoms with Gasteiger partial charge in [0.25, 0.3) is 0 Å². The minimum atomic E-state index is -0.548. The maximum absolute atomic E-state index is 12.2. The maximum Gasteiger partial charge on any atom is 0.307 e. The molecule has 2 heterocycles. The molecule has 1 aliphatic carbocycles. The molecule has 1 saturated carbocycles. The zero-order valence-corrected chi connectivity index (χ0v) is 12.8. The normalized spacial score (nSPS) is 15.2. The Morgan fingerprint density at radius 2 is 2.26 bits per heavy atom. The van der Waals surface area contributed by atoms with Crippen molar-refractivity contribution < 1.29 is 9.72 Å². The molecule has 0 aliphatic heterocycles. The number of nitrogens with one attached hydrogen (secondary N) is 1. The predicted octanol–water partition coefficient (Wildman–Crippen LogP) is 2.11. The summed E-state index contributed by atoms with van der Waals surface area (Å²) in [7, 11) is 0. The number of nitrogens with zero attached hydrogens (tertiary/aromatic N) is 4. The second-order valence-electron chi connectivity index (χ2n) is 5.45. The molecule has 1 aliphatic rings. The van der Waals surface area contributed by atoms with Crippen LogP contribution in [0.2, 0.25) is 5.15 Å². The third kappa shape index (κ3) is 3.84. The summed E-state index contributed by atoms with van der Waals surface area (Å²) in [6, 6.07) is 3.41. The van der Waals surface area contributed by atoms with E-state index in [-0.39, 0.29) is 24.2 Å². The van der Waals surface area contributed by atoms with E-state index < -0.39 is 4.92 Å². The molecule has 9 heteroatoms. The fourth-order valence-corrected chi connectivity index (χ4v) is 2.49. The van der Waals surface area contributed by atoms with E-state index in [4.69, 9.17) is 11.6 Å². The molecule has 1 N–H and O–H groups in total. The highest BCUT2D eigenvalue weighted by Gasteiger charge is 2.33. The molecule has 120 valence electrons. The van der Waals surface area contributed by atoms with E-state index in [2.05, 4.69) is 15.4 Å². The second kappa shape index (κ2) is 6.33. The van der Waals surface area contributed by atoms with Crippen LogP contribution in [0.3, 0.4) is 0 Å². The third-order valence-corrected chi connectivity index (χ3v) is 3.88. The molecule has 0 unspecified atom stereocenters. The first-order valence-electron chi connectivity index (χ1n) is 7.10. The third-order valence-electron chi connectivity index (χ3n) is 3.66. The summed E-state index contributed by atoms with van der Waals surface area (Å²) in [5.74, 6) is 0.128. The molecule has 0 bridgehead atoms. The van der Waals surface area contributed by atoms with Crippen molar-refractivity contribution in [3.63, 3.8) is 0 Å². The zero-order valence-electron chi connectivity index (χ0n) is 12.1. The molecule has 2 aromatic heterocycles. The summed E-state index contributed by atoms with van der Waals surface area (Å²) >= 11 is 5.79. The SMILES string of the molecule is O=C(Cn1cc([N+](=O)[O-])cn1)N[C@@H](c1ccc(Cl)nc1)C1CC1. The summed E-state index contributed by atoms with van der Waals surface area (Å²) in [4.78, 5) is 26.3. The Morgan fingerprint density at radius 3 is 2.83 bits per heavy atom. The van der Waals surface area contributed by atoms with Crippen molar-refractivity contribution in [2.24, 2.45) is 5.92 Å². The molecule has 8 nitrogen and oxygen atoms in total. The molecular formula is C14H14ClN5O3. The number of hydrogen-bond acceptors (Lipinski definition) is 5. The van der Waals surface area contributed by atoms with E-state index in [0.717, 1.165) is 24.6 Å². The average molecular weight is 336 g/mol. The van der Waals surface area contributed by atoms with E-state index in [1.807, 2.05) is 6.07 Å². The largest absolute Gasteiger partial charge is 0.347 e. The van der Waals surface area contributed by atoms with E-state index in [9.17, 15) is 14.9 Å². The van der Waals surface area contributed by atoms with Crippen molar-refractivity contribution in [3.8, 4) is 0 Å². The Balaban J connectivity index is 1.66. The lowest BCUT2D eigenvalue weighted by Gasteiger charge is -2.18. The predicted molar refractivity (Wildman–Crippen MR) is 81.7 cm³/mol. The van der Waals surface area contributed by atoms with Gasteiger partial charge in [0.15, 0.2) is 0 Å². The van der Waals surface area contributed by atoms with Gasteiger partial charge in [-0.15, -0.1) is 0 Å². The lowest BCUT2D eigenvalue weighted by molar-refractivity contribution is -0.385. The maximum atomic E-state index is 12.2. The lowest BCUT2D eigenvalue weighted by atomic mass is 10.0. The van der Waals surface area contributed by atoms with Gasteiger partial charge in [-0.1, -0.05) is 17.7 Å². The quantitative estimate of drug-likeness (QED) is 0.494. The van der Waals surface area contributed by atoms with Crippen LogP contribution in [-0.2, 0) is 11.3 Å². The Bertz CT molecular complexity index is 726. The molecule has 2 aromatic rings. The van der Waals surface area contributed by atoms with Crippen LogP contribution in [0.25, 0.3) is 0 Å². The monoisotopic (exact) mass is 335 g/mol. The minimum absolute atomic E-state index is 0.0714. The molecule has 23 heavy (non-hydrogen) atoms. The molecule has 1 amide bonds. The number of carbonyl (C=O) groups is 1. The second-order valence-corrected chi connectivity index (χ2v) is 5.84. The van der Waals surface area contributed by atoms with E-state index in [1.54, 1.807) is 12.3 Å². The Hall–Kier alpha value is -2.48. The first kappa shape index (κ1) is 15.4. The summed E-state index contributed by atoms with van der Waals surface area (Å²) in [5, 5.41) is 17.8. The van der Waals surface area contributed by atoms with Crippen LogP contribution in [0, 0.1) is 16.0 Å². The van der Waals surface area contributed by atoms with Crippen LogP contribution in [0.1, 0.15) is 24.4 Å². The fraction of sp³-hybridized carbons (Fsp3) is 0.357. The van der Waals surface area contributed by atoms with Crippen molar-refractivity contribution in [3.05, 3.63) is 51.6 Å². The molecule has 1 fully saturated rings. The van der Waals surface area contributed by atoms with Gasteiger partial charge in [0.2, 0.25) is 5.91 Å². The first-order valence-corrected chi connectivity index (χ1v) is 7.48. The van der Waals surface area contributed by atoms with Gasteiger partial charge >= 0.3 is 5.69 Å². The number of halogens is 1. The van der Waals surface area contributed by atoms with Crippen LogP contribution in [0.15, 0.2) is 30.7 Å². The Morgan fingerprint density at radius 1 is 1.48 bits per heavy atom. The highest BCUT2D eigenvalue weighted by Crippen LogP contribution is 2.40. The van der Waals surface area contributed by atoms with Gasteiger partial charge in [0.1, 0.15) is 24.1 Å². The topological polar surface area (TPSA) is 103 Å². The summed E-state index contributed by atoms with van der Waals surface area (Å²) in [6.07, 6.45) is 6.09. The number of pyridine rings is 1. The number of rotatable bonds is 6. The first-order chi connectivity index (χ1) is 11.0. The molecule has 0 spiro atoms. The number of amides is 1. The fourth-order valence-electron chi connectivity index (χ4n) is 2.37.